The first-order chi connectivity index (χ1) is 6.31. The van der Waals surface area contributed by atoms with Crippen LogP contribution in [0.5, 0.6) is 0 Å². The third-order valence-corrected chi connectivity index (χ3v) is 2.78. The van der Waals surface area contributed by atoms with Gasteiger partial charge in [-0.15, -0.1) is 0 Å². The summed E-state index contributed by atoms with van der Waals surface area (Å²) in [6.07, 6.45) is 3.33. The van der Waals surface area contributed by atoms with Crippen LogP contribution in [0.2, 0.25) is 0 Å². The van der Waals surface area contributed by atoms with E-state index in [1.165, 1.54) is 0 Å². The lowest BCUT2D eigenvalue weighted by Crippen LogP contribution is -2.36. The average Bonchev–Trinajstić information content (AvgIpc) is 2.74. The molecule has 2 fully saturated rings. The summed E-state index contributed by atoms with van der Waals surface area (Å²) in [4.78, 5) is 11.5. The number of hydrogen-bond donors (Lipinski definition) is 1. The van der Waals surface area contributed by atoms with Crippen LogP contribution in [-0.4, -0.2) is 24.7 Å². The van der Waals surface area contributed by atoms with Gasteiger partial charge in [-0.1, -0.05) is 0 Å². The Bertz CT molecular complexity index is 259. The smallest absolute Gasteiger partial charge is 0.226 e. The minimum absolute atomic E-state index is 0.00731. The molecular formula is C9H12N2O2. The number of ether oxygens (including phenoxy) is 1. The molecule has 3 unspecified atom stereocenters. The molecule has 2 saturated heterocycles. The van der Waals surface area contributed by atoms with Gasteiger partial charge in [0.1, 0.15) is 6.54 Å². The van der Waals surface area contributed by atoms with E-state index in [1.807, 2.05) is 6.07 Å². The Balaban J connectivity index is 1.88. The summed E-state index contributed by atoms with van der Waals surface area (Å²) in [5.74, 6) is -0.0270. The maximum absolute atomic E-state index is 11.5. The Kier molecular flexibility index (Phi) is 2.19. The number of nitrogens with zero attached hydrogens (tertiary/aromatic N) is 1. The predicted molar refractivity (Wildman–Crippen MR) is 44.6 cm³/mol. The van der Waals surface area contributed by atoms with Crippen molar-refractivity contribution < 1.29 is 9.53 Å². The quantitative estimate of drug-likeness (QED) is 0.617. The summed E-state index contributed by atoms with van der Waals surface area (Å²) in [5, 5.41) is 10.9. The number of fused-ring (bicyclic) bond motifs is 2. The number of amides is 1. The lowest BCUT2D eigenvalue weighted by molar-refractivity contribution is -0.126. The first kappa shape index (κ1) is 8.52. The highest BCUT2D eigenvalue weighted by Crippen LogP contribution is 2.38. The lowest BCUT2D eigenvalue weighted by atomic mass is 9.88. The van der Waals surface area contributed by atoms with Crippen LogP contribution in [0.4, 0.5) is 0 Å². The zero-order valence-electron chi connectivity index (χ0n) is 7.32. The van der Waals surface area contributed by atoms with Gasteiger partial charge < -0.3 is 10.1 Å². The zero-order chi connectivity index (χ0) is 9.26. The molecule has 4 nitrogen and oxygen atoms in total. The monoisotopic (exact) mass is 180 g/mol. The van der Waals surface area contributed by atoms with Crippen molar-refractivity contribution >= 4 is 5.91 Å². The van der Waals surface area contributed by atoms with Crippen LogP contribution in [0, 0.1) is 17.2 Å². The molecule has 0 saturated carbocycles. The SMILES string of the molecule is N#CCNC(=O)C1CC2CCC1O2. The maximum Gasteiger partial charge on any atom is 0.226 e. The Morgan fingerprint density at radius 1 is 1.62 bits per heavy atom. The zero-order valence-corrected chi connectivity index (χ0v) is 7.32. The van der Waals surface area contributed by atoms with Crippen LogP contribution in [0.1, 0.15) is 19.3 Å². The highest BCUT2D eigenvalue weighted by atomic mass is 16.5. The fourth-order valence-corrected chi connectivity index (χ4v) is 2.17. The minimum Gasteiger partial charge on any atom is -0.374 e. The largest absolute Gasteiger partial charge is 0.374 e. The summed E-state index contributed by atoms with van der Waals surface area (Å²) >= 11 is 0. The molecule has 1 amide bonds. The van der Waals surface area contributed by atoms with E-state index in [4.69, 9.17) is 10.00 Å². The molecule has 3 atom stereocenters. The van der Waals surface area contributed by atoms with Gasteiger partial charge in [0, 0.05) is 0 Å². The van der Waals surface area contributed by atoms with Crippen LogP contribution in [0.3, 0.4) is 0 Å². The Morgan fingerprint density at radius 2 is 2.46 bits per heavy atom. The van der Waals surface area contributed by atoms with Gasteiger partial charge in [0.25, 0.3) is 0 Å². The second-order valence-corrected chi connectivity index (χ2v) is 3.59. The fraction of sp³-hybridized carbons (Fsp3) is 0.778. The molecule has 0 radical (unpaired) electrons. The molecule has 2 aliphatic rings. The van der Waals surface area contributed by atoms with Crippen molar-refractivity contribution in [2.24, 2.45) is 5.92 Å². The number of carbonyl (C=O) groups is 1. The third kappa shape index (κ3) is 1.52. The highest BCUT2D eigenvalue weighted by Gasteiger charge is 2.44. The van der Waals surface area contributed by atoms with Gasteiger partial charge >= 0.3 is 0 Å². The maximum atomic E-state index is 11.5. The molecule has 0 aliphatic carbocycles. The standard InChI is InChI=1S/C9H12N2O2/c10-3-4-11-9(12)7-5-6-1-2-8(7)13-6/h6-8H,1-2,4-5H2,(H,11,12). The predicted octanol–water partition coefficient (Wildman–Crippen LogP) is 0.194. The van der Waals surface area contributed by atoms with Crippen molar-refractivity contribution in [2.75, 3.05) is 6.54 Å². The Hall–Kier alpha value is -1.08. The van der Waals surface area contributed by atoms with Gasteiger partial charge in [-0.3, -0.25) is 4.79 Å². The molecule has 2 heterocycles. The first-order valence-corrected chi connectivity index (χ1v) is 4.61. The van der Waals surface area contributed by atoms with Gasteiger partial charge in [0.2, 0.25) is 5.91 Å². The van der Waals surface area contributed by atoms with Crippen molar-refractivity contribution in [1.82, 2.24) is 5.32 Å². The number of rotatable bonds is 2. The summed E-state index contributed by atoms with van der Waals surface area (Å²) in [6, 6.07) is 1.89. The summed E-state index contributed by atoms with van der Waals surface area (Å²) in [6.45, 7) is 0.104. The Morgan fingerprint density at radius 3 is 3.00 bits per heavy atom. The van der Waals surface area contributed by atoms with Crippen molar-refractivity contribution in [3.05, 3.63) is 0 Å². The number of hydrogen-bond acceptors (Lipinski definition) is 3. The number of nitriles is 1. The van der Waals surface area contributed by atoms with Crippen LogP contribution < -0.4 is 5.32 Å². The van der Waals surface area contributed by atoms with Crippen LogP contribution >= 0.6 is 0 Å². The molecule has 0 spiro atoms. The molecule has 2 bridgehead atoms. The van der Waals surface area contributed by atoms with Crippen LogP contribution in [-0.2, 0) is 9.53 Å². The van der Waals surface area contributed by atoms with Gasteiger partial charge in [-0.2, -0.15) is 5.26 Å². The third-order valence-electron chi connectivity index (χ3n) is 2.78. The second-order valence-electron chi connectivity index (χ2n) is 3.59. The lowest BCUT2D eigenvalue weighted by Gasteiger charge is -2.16. The summed E-state index contributed by atoms with van der Waals surface area (Å²) < 4.78 is 5.54. The van der Waals surface area contributed by atoms with Crippen molar-refractivity contribution in [3.8, 4) is 6.07 Å². The number of carbonyl (C=O) groups excluding carboxylic acids is 1. The van der Waals surface area contributed by atoms with E-state index >= 15 is 0 Å². The normalized spacial score (nSPS) is 35.8. The van der Waals surface area contributed by atoms with Crippen LogP contribution in [0.25, 0.3) is 0 Å². The molecule has 2 aliphatic heterocycles. The van der Waals surface area contributed by atoms with Gasteiger partial charge in [0.15, 0.2) is 0 Å². The van der Waals surface area contributed by atoms with E-state index in [-0.39, 0.29) is 24.5 Å². The topological polar surface area (TPSA) is 62.1 Å². The van der Waals surface area contributed by atoms with Gasteiger partial charge in [-0.05, 0) is 19.3 Å². The molecule has 2 rings (SSSR count). The average molecular weight is 180 g/mol. The van der Waals surface area contributed by atoms with E-state index < -0.39 is 0 Å². The van der Waals surface area contributed by atoms with E-state index in [2.05, 4.69) is 5.32 Å². The summed E-state index contributed by atoms with van der Waals surface area (Å²) in [5.41, 5.74) is 0. The molecule has 4 heteroatoms. The minimum atomic E-state index is -0.0197. The van der Waals surface area contributed by atoms with Gasteiger partial charge in [-0.25, -0.2) is 0 Å². The first-order valence-electron chi connectivity index (χ1n) is 4.61. The molecular weight excluding hydrogens is 168 g/mol. The van der Waals surface area contributed by atoms with E-state index in [0.717, 1.165) is 19.3 Å². The molecule has 0 aromatic carbocycles. The number of nitrogens with one attached hydrogen (secondary N) is 1. The molecule has 70 valence electrons. The van der Waals surface area contributed by atoms with Crippen molar-refractivity contribution in [3.63, 3.8) is 0 Å². The van der Waals surface area contributed by atoms with Crippen molar-refractivity contribution in [1.29, 1.82) is 5.26 Å². The van der Waals surface area contributed by atoms with Gasteiger partial charge in [0.05, 0.1) is 24.2 Å². The van der Waals surface area contributed by atoms with Crippen LogP contribution in [0.15, 0.2) is 0 Å². The summed E-state index contributed by atoms with van der Waals surface area (Å²) in [7, 11) is 0. The fourth-order valence-electron chi connectivity index (χ4n) is 2.17. The van der Waals surface area contributed by atoms with E-state index in [1.54, 1.807) is 0 Å². The second kappa shape index (κ2) is 3.35. The van der Waals surface area contributed by atoms with E-state index in [9.17, 15) is 4.79 Å². The highest BCUT2D eigenvalue weighted by molar-refractivity contribution is 5.80. The molecule has 0 aromatic heterocycles. The van der Waals surface area contributed by atoms with E-state index in [0.29, 0.717) is 6.10 Å². The molecule has 13 heavy (non-hydrogen) atoms. The Labute approximate surface area is 76.9 Å². The molecule has 1 N–H and O–H groups in total. The molecule has 0 aromatic rings. The van der Waals surface area contributed by atoms with Crippen molar-refractivity contribution in [2.45, 2.75) is 31.5 Å².